The second-order valence-electron chi connectivity index (χ2n) is 7.88. The van der Waals surface area contributed by atoms with Crippen molar-refractivity contribution in [1.29, 1.82) is 0 Å². The van der Waals surface area contributed by atoms with Gasteiger partial charge < -0.3 is 15.4 Å². The molecule has 0 radical (unpaired) electrons. The minimum Gasteiger partial charge on any atom is -0.457 e. The van der Waals surface area contributed by atoms with Gasteiger partial charge in [-0.15, -0.1) is 6.42 Å². The van der Waals surface area contributed by atoms with Crippen molar-refractivity contribution in [2.45, 2.75) is 18.9 Å². The minimum atomic E-state index is -0.306. The van der Waals surface area contributed by atoms with Gasteiger partial charge in [-0.05, 0) is 55.2 Å². The van der Waals surface area contributed by atoms with Crippen LogP contribution in [0.2, 0.25) is 0 Å². The SMILES string of the molecule is C#CC(=O)N1CCC[C@@H](n2nc(-c3ccc(Oc4ccccc4)cc3)c3c(N)ncnc32)C1. The first kappa shape index (κ1) is 20.5. The van der Waals surface area contributed by atoms with Crippen molar-refractivity contribution in [2.24, 2.45) is 0 Å². The average Bonchev–Trinajstić information content (AvgIpc) is 3.26. The largest absolute Gasteiger partial charge is 0.457 e. The number of nitrogens with two attached hydrogens (primary N) is 1. The fourth-order valence-corrected chi connectivity index (χ4v) is 4.19. The number of rotatable bonds is 4. The summed E-state index contributed by atoms with van der Waals surface area (Å²) in [5.74, 6) is 3.74. The molecule has 3 heterocycles. The van der Waals surface area contributed by atoms with Gasteiger partial charge in [0.2, 0.25) is 0 Å². The third kappa shape index (κ3) is 3.96. The third-order valence-corrected chi connectivity index (χ3v) is 5.78. The molecule has 1 aliphatic heterocycles. The Morgan fingerprint density at radius 2 is 1.85 bits per heavy atom. The molecule has 5 rings (SSSR count). The molecule has 33 heavy (non-hydrogen) atoms. The number of amides is 1. The van der Waals surface area contributed by atoms with Crippen molar-refractivity contribution >= 4 is 22.8 Å². The van der Waals surface area contributed by atoms with E-state index >= 15 is 0 Å². The van der Waals surface area contributed by atoms with Gasteiger partial charge in [-0.3, -0.25) is 4.79 Å². The summed E-state index contributed by atoms with van der Waals surface area (Å²) in [6.45, 7) is 1.12. The van der Waals surface area contributed by atoms with E-state index in [0.717, 1.165) is 24.2 Å². The standard InChI is InChI=1S/C25H22N6O2/c1-2-21(32)30-14-6-7-18(15-30)31-25-22(24(26)27-16-28-25)23(29-31)17-10-12-20(13-11-17)33-19-8-4-3-5-9-19/h1,3-5,8-13,16,18H,6-7,14-15H2,(H2,26,27,28)/t18-/m1/s1. The zero-order valence-corrected chi connectivity index (χ0v) is 17.9. The molecule has 8 heteroatoms. The predicted octanol–water partition coefficient (Wildman–Crippen LogP) is 3.66. The number of carbonyl (C=O) groups is 1. The highest BCUT2D eigenvalue weighted by Crippen LogP contribution is 2.34. The van der Waals surface area contributed by atoms with E-state index in [4.69, 9.17) is 22.0 Å². The summed E-state index contributed by atoms with van der Waals surface area (Å²) in [5, 5.41) is 5.57. The molecular weight excluding hydrogens is 416 g/mol. The van der Waals surface area contributed by atoms with E-state index in [-0.39, 0.29) is 11.9 Å². The Kier molecular flexibility index (Phi) is 5.37. The van der Waals surface area contributed by atoms with Gasteiger partial charge in [0.25, 0.3) is 5.91 Å². The topological polar surface area (TPSA) is 99.2 Å². The quantitative estimate of drug-likeness (QED) is 0.488. The van der Waals surface area contributed by atoms with Gasteiger partial charge in [0.1, 0.15) is 29.3 Å². The number of hydrogen-bond donors (Lipinski definition) is 1. The lowest BCUT2D eigenvalue weighted by Crippen LogP contribution is -2.40. The van der Waals surface area contributed by atoms with E-state index in [1.54, 1.807) is 4.90 Å². The van der Waals surface area contributed by atoms with E-state index in [9.17, 15) is 4.79 Å². The molecule has 0 spiro atoms. The number of fused-ring (bicyclic) bond motifs is 1. The molecule has 1 fully saturated rings. The maximum absolute atomic E-state index is 12.1. The molecule has 2 aromatic carbocycles. The fourth-order valence-electron chi connectivity index (χ4n) is 4.19. The average molecular weight is 438 g/mol. The number of para-hydroxylation sites is 1. The van der Waals surface area contributed by atoms with Crippen LogP contribution in [-0.2, 0) is 4.79 Å². The number of likely N-dealkylation sites (tertiary alicyclic amines) is 1. The van der Waals surface area contributed by atoms with Gasteiger partial charge in [0, 0.05) is 18.7 Å². The summed E-state index contributed by atoms with van der Waals surface area (Å²) in [6.07, 6.45) is 8.46. The first-order valence-corrected chi connectivity index (χ1v) is 10.7. The smallest absolute Gasteiger partial charge is 0.298 e. The van der Waals surface area contributed by atoms with Gasteiger partial charge in [0.15, 0.2) is 5.65 Å². The Hall–Kier alpha value is -4.38. The number of carbonyl (C=O) groups excluding carboxylic acids is 1. The van der Waals surface area contributed by atoms with Crippen LogP contribution in [0.25, 0.3) is 22.3 Å². The van der Waals surface area contributed by atoms with Gasteiger partial charge in [-0.2, -0.15) is 5.10 Å². The molecule has 4 aromatic rings. The Morgan fingerprint density at radius 3 is 2.61 bits per heavy atom. The number of hydrogen-bond acceptors (Lipinski definition) is 6. The van der Waals surface area contributed by atoms with E-state index in [1.807, 2.05) is 59.3 Å². The molecule has 0 saturated carbocycles. The maximum Gasteiger partial charge on any atom is 0.298 e. The molecular formula is C25H22N6O2. The second kappa shape index (κ2) is 8.63. The Labute approximate surface area is 191 Å². The summed E-state index contributed by atoms with van der Waals surface area (Å²) < 4.78 is 7.75. The van der Waals surface area contributed by atoms with Crippen molar-refractivity contribution in [3.05, 3.63) is 60.9 Å². The highest BCUT2D eigenvalue weighted by Gasteiger charge is 2.28. The number of terminal acetylenes is 1. The lowest BCUT2D eigenvalue weighted by Gasteiger charge is -2.31. The van der Waals surface area contributed by atoms with Crippen LogP contribution in [0.1, 0.15) is 18.9 Å². The fraction of sp³-hybridized carbons (Fsp3) is 0.200. The summed E-state index contributed by atoms with van der Waals surface area (Å²) in [7, 11) is 0. The normalized spacial score (nSPS) is 15.8. The van der Waals surface area contributed by atoms with Crippen LogP contribution in [0.3, 0.4) is 0 Å². The number of benzene rings is 2. The van der Waals surface area contributed by atoms with E-state index < -0.39 is 0 Å². The van der Waals surface area contributed by atoms with Crippen molar-refractivity contribution in [3.8, 4) is 35.1 Å². The minimum absolute atomic E-state index is 0.0534. The molecule has 2 N–H and O–H groups in total. The monoisotopic (exact) mass is 438 g/mol. The van der Waals surface area contributed by atoms with Gasteiger partial charge in [-0.1, -0.05) is 18.2 Å². The lowest BCUT2D eigenvalue weighted by atomic mass is 10.1. The van der Waals surface area contributed by atoms with Crippen LogP contribution in [0, 0.1) is 12.3 Å². The zero-order chi connectivity index (χ0) is 22.8. The summed E-state index contributed by atoms with van der Waals surface area (Å²) in [4.78, 5) is 22.4. The molecule has 1 saturated heterocycles. The van der Waals surface area contributed by atoms with Gasteiger partial charge in [-0.25, -0.2) is 14.6 Å². The number of nitrogen functional groups attached to an aromatic ring is 1. The summed E-state index contributed by atoms with van der Waals surface area (Å²) >= 11 is 0. The van der Waals surface area contributed by atoms with Crippen LogP contribution in [0.5, 0.6) is 11.5 Å². The first-order valence-electron chi connectivity index (χ1n) is 10.7. The Bertz CT molecular complexity index is 1340. The molecule has 1 amide bonds. The van der Waals surface area contributed by atoms with E-state index in [0.29, 0.717) is 41.4 Å². The Balaban J connectivity index is 1.50. The molecule has 8 nitrogen and oxygen atoms in total. The van der Waals surface area contributed by atoms with Crippen LogP contribution in [0.4, 0.5) is 5.82 Å². The molecule has 1 atom stereocenters. The van der Waals surface area contributed by atoms with Gasteiger partial charge >= 0.3 is 0 Å². The molecule has 1 aliphatic rings. The van der Waals surface area contributed by atoms with E-state index in [2.05, 4.69) is 15.9 Å². The zero-order valence-electron chi connectivity index (χ0n) is 17.9. The highest BCUT2D eigenvalue weighted by molar-refractivity contribution is 5.98. The number of nitrogens with zero attached hydrogens (tertiary/aromatic N) is 5. The van der Waals surface area contributed by atoms with Crippen LogP contribution in [-0.4, -0.2) is 43.6 Å². The van der Waals surface area contributed by atoms with Crippen molar-refractivity contribution in [3.63, 3.8) is 0 Å². The molecule has 0 unspecified atom stereocenters. The number of piperidine rings is 1. The van der Waals surface area contributed by atoms with Crippen LogP contribution < -0.4 is 10.5 Å². The molecule has 2 aromatic heterocycles. The third-order valence-electron chi connectivity index (χ3n) is 5.78. The van der Waals surface area contributed by atoms with Crippen LogP contribution in [0.15, 0.2) is 60.9 Å². The molecule has 164 valence electrons. The number of anilines is 1. The summed E-state index contributed by atoms with van der Waals surface area (Å²) in [5.41, 5.74) is 8.45. The maximum atomic E-state index is 12.1. The van der Waals surface area contributed by atoms with Crippen LogP contribution >= 0.6 is 0 Å². The second-order valence-corrected chi connectivity index (χ2v) is 7.88. The number of ether oxygens (including phenoxy) is 1. The predicted molar refractivity (Wildman–Crippen MR) is 125 cm³/mol. The van der Waals surface area contributed by atoms with Crippen molar-refractivity contribution in [1.82, 2.24) is 24.6 Å². The number of aromatic nitrogens is 4. The highest BCUT2D eigenvalue weighted by atomic mass is 16.5. The molecule has 0 aliphatic carbocycles. The van der Waals surface area contributed by atoms with Crippen molar-refractivity contribution < 1.29 is 9.53 Å². The Morgan fingerprint density at radius 1 is 1.09 bits per heavy atom. The molecule has 0 bridgehead atoms. The summed E-state index contributed by atoms with van der Waals surface area (Å²) in [6, 6.07) is 17.2. The van der Waals surface area contributed by atoms with Crippen molar-refractivity contribution in [2.75, 3.05) is 18.8 Å². The van der Waals surface area contributed by atoms with E-state index in [1.165, 1.54) is 6.33 Å². The van der Waals surface area contributed by atoms with Gasteiger partial charge in [0.05, 0.1) is 11.4 Å². The lowest BCUT2D eigenvalue weighted by molar-refractivity contribution is -0.126. The first-order chi connectivity index (χ1) is 16.1.